The molecular weight excluding hydrogens is 1100 g/mol. The molecule has 432 valence electrons. The van der Waals surface area contributed by atoms with Crippen LogP contribution in [0.25, 0.3) is 0 Å². The van der Waals surface area contributed by atoms with E-state index in [0.29, 0.717) is 12.0 Å². The summed E-state index contributed by atoms with van der Waals surface area (Å²) in [5.74, 6) is -0.444. The Morgan fingerprint density at radius 3 is 1.40 bits per heavy atom. The smallest absolute Gasteiger partial charge is 0.298 e. The van der Waals surface area contributed by atoms with Gasteiger partial charge in [-0.1, -0.05) is 149 Å². The number of hydrazone groups is 2. The van der Waals surface area contributed by atoms with Crippen molar-refractivity contribution in [3.8, 4) is 11.5 Å². The molecule has 0 amide bonds. The number of hydrogen-bond donors (Lipinski definition) is 1. The van der Waals surface area contributed by atoms with E-state index >= 15 is 0 Å². The summed E-state index contributed by atoms with van der Waals surface area (Å²) in [6.45, 7) is 17.4. The highest BCUT2D eigenvalue weighted by Crippen LogP contribution is 2.41. The molecule has 13 nitrogen and oxygen atoms in total. The van der Waals surface area contributed by atoms with Crippen LogP contribution in [-0.2, 0) is 37.5 Å². The number of benzene rings is 6. The third-order valence-corrected chi connectivity index (χ3v) is 17.1. The van der Waals surface area contributed by atoms with Crippen molar-refractivity contribution in [2.45, 2.75) is 140 Å². The molecule has 2 aliphatic rings. The summed E-state index contributed by atoms with van der Waals surface area (Å²) in [6, 6.07) is 42.1. The SMILES string of the molecule is CCCCCCCCCCCCc1cccc(S(=O)(=O)O)c1Oc1ccccc1S(=O)(=O)[O-].CC[N+]1=C(C=NN(C)c2ccc(Cl)cc2)C(C)(C)c2ccccc21.CC[N+]1=C(C=NN(C)c2ccc(Cl)cc2)C(C)(C)c2ccccc21. The Kier molecular flexibility index (Phi) is 23.0. The number of unbranched alkanes of at least 4 members (excludes halogenated alkanes) is 9. The largest absolute Gasteiger partial charge is 0.744 e. The molecular formula is C64H79Cl2N6O7S2+. The first-order chi connectivity index (χ1) is 38.5. The van der Waals surface area contributed by atoms with E-state index in [9.17, 15) is 25.9 Å². The molecule has 0 aromatic heterocycles. The van der Waals surface area contributed by atoms with Crippen molar-refractivity contribution in [1.82, 2.24) is 0 Å². The molecule has 0 unspecified atom stereocenters. The fraction of sp³-hybridized carbons (Fsp3) is 0.375. The number of hydrogen-bond acceptors (Lipinski definition) is 10. The predicted octanol–water partition coefficient (Wildman–Crippen LogP) is 15.8. The lowest BCUT2D eigenvalue weighted by atomic mass is 9.82. The van der Waals surface area contributed by atoms with Crippen molar-refractivity contribution in [2.24, 2.45) is 10.2 Å². The summed E-state index contributed by atoms with van der Waals surface area (Å²) in [6.07, 6.45) is 16.0. The third-order valence-electron chi connectivity index (χ3n) is 14.8. The lowest BCUT2D eigenvalue weighted by Gasteiger charge is -2.17. The molecule has 0 fully saturated rings. The average molecular weight is 1180 g/mol. The van der Waals surface area contributed by atoms with Gasteiger partial charge in [-0.15, -0.1) is 0 Å². The van der Waals surface area contributed by atoms with Crippen LogP contribution in [0.1, 0.15) is 129 Å². The third kappa shape index (κ3) is 16.7. The minimum absolute atomic E-state index is 0.0586. The summed E-state index contributed by atoms with van der Waals surface area (Å²) in [4.78, 5) is -1.06. The van der Waals surface area contributed by atoms with Crippen LogP contribution in [0.15, 0.2) is 160 Å². The highest BCUT2D eigenvalue weighted by atomic mass is 35.5. The number of fused-ring (bicyclic) bond motifs is 2. The molecule has 0 bridgehead atoms. The van der Waals surface area contributed by atoms with Crippen molar-refractivity contribution in [2.75, 3.05) is 37.2 Å². The van der Waals surface area contributed by atoms with Crippen LogP contribution < -0.4 is 14.8 Å². The monoisotopic (exact) mass is 1180 g/mol. The fourth-order valence-corrected chi connectivity index (χ4v) is 11.8. The highest BCUT2D eigenvalue weighted by molar-refractivity contribution is 7.86. The molecule has 6 aromatic rings. The zero-order chi connectivity index (χ0) is 59.0. The van der Waals surface area contributed by atoms with E-state index in [2.05, 4.69) is 116 Å². The Morgan fingerprint density at radius 2 is 0.963 bits per heavy atom. The van der Waals surface area contributed by atoms with Crippen LogP contribution in [0.5, 0.6) is 11.5 Å². The number of aryl methyl sites for hydroxylation is 1. The van der Waals surface area contributed by atoms with Gasteiger partial charge in [0.1, 0.15) is 46.3 Å². The van der Waals surface area contributed by atoms with E-state index in [1.807, 2.05) is 85.1 Å². The summed E-state index contributed by atoms with van der Waals surface area (Å²) >= 11 is 11.9. The molecule has 8 rings (SSSR count). The van der Waals surface area contributed by atoms with E-state index in [1.54, 1.807) is 6.07 Å². The molecule has 0 aliphatic carbocycles. The summed E-state index contributed by atoms with van der Waals surface area (Å²) in [7, 11) is -5.57. The molecule has 2 aliphatic heterocycles. The van der Waals surface area contributed by atoms with E-state index in [0.717, 1.165) is 66.3 Å². The Labute approximate surface area is 491 Å². The van der Waals surface area contributed by atoms with Crippen LogP contribution in [0.4, 0.5) is 22.7 Å². The fourth-order valence-electron chi connectivity index (χ4n) is 10.3. The molecule has 81 heavy (non-hydrogen) atoms. The van der Waals surface area contributed by atoms with Crippen LogP contribution in [0.3, 0.4) is 0 Å². The number of ether oxygens (including phenoxy) is 1. The van der Waals surface area contributed by atoms with Gasteiger partial charge in [0.25, 0.3) is 10.1 Å². The van der Waals surface area contributed by atoms with Gasteiger partial charge in [0, 0.05) is 47.4 Å². The van der Waals surface area contributed by atoms with E-state index in [1.165, 1.54) is 103 Å². The quantitative estimate of drug-likeness (QED) is 0.0217. The van der Waals surface area contributed by atoms with Gasteiger partial charge < -0.3 is 9.29 Å². The minimum Gasteiger partial charge on any atom is -0.744 e. The lowest BCUT2D eigenvalue weighted by molar-refractivity contribution is -0.432. The van der Waals surface area contributed by atoms with Crippen LogP contribution in [-0.4, -0.2) is 86.1 Å². The Bertz CT molecular complexity index is 3300. The second-order valence-corrected chi connectivity index (χ2v) is 24.8. The molecule has 1 N–H and O–H groups in total. The molecule has 6 aromatic carbocycles. The predicted molar refractivity (Wildman–Crippen MR) is 333 cm³/mol. The van der Waals surface area contributed by atoms with Gasteiger partial charge in [0.15, 0.2) is 5.75 Å². The van der Waals surface area contributed by atoms with E-state index in [4.69, 9.17) is 27.9 Å². The topological polar surface area (TPSA) is 158 Å². The van der Waals surface area contributed by atoms with E-state index < -0.39 is 30.0 Å². The zero-order valence-electron chi connectivity index (χ0n) is 48.3. The number of nitrogens with zero attached hydrogens (tertiary/aromatic N) is 6. The van der Waals surface area contributed by atoms with Crippen molar-refractivity contribution < 1.29 is 39.8 Å². The summed E-state index contributed by atoms with van der Waals surface area (Å²) in [5.41, 5.74) is 10.1. The zero-order valence-corrected chi connectivity index (χ0v) is 51.4. The second-order valence-electron chi connectivity index (χ2n) is 21.2. The van der Waals surface area contributed by atoms with Crippen molar-refractivity contribution in [1.29, 1.82) is 0 Å². The molecule has 0 spiro atoms. The average Bonchev–Trinajstić information content (AvgIpc) is 3.99. The van der Waals surface area contributed by atoms with Gasteiger partial charge >= 0.3 is 0 Å². The standard InChI is InChI=1S/C24H34O7S2.2C20H23ClN3/c1-2-3-4-5-6-7-8-9-10-11-15-20-16-14-19-23(33(28,29)30)24(20)31-21-17-12-13-18-22(21)32(25,26)27;2*1-5-24-18-9-7-6-8-17(18)20(2,3)19(24)14-22-23(4)16-12-10-15(21)11-13-16/h12-14,16-19H,2-11,15H2,1H3,(H,25,26,27)(H,28,29,30);2*6-14H,5H2,1-4H3/q;2*+1/p-1. The maximum Gasteiger partial charge on any atom is 0.298 e. The molecule has 0 radical (unpaired) electrons. The Morgan fingerprint density at radius 1 is 0.556 bits per heavy atom. The molecule has 2 heterocycles. The molecule has 17 heteroatoms. The first-order valence-corrected chi connectivity index (χ1v) is 31.5. The van der Waals surface area contributed by atoms with Gasteiger partial charge in [-0.2, -0.15) is 27.8 Å². The van der Waals surface area contributed by atoms with Crippen molar-refractivity contribution >= 4 is 90.0 Å². The highest BCUT2D eigenvalue weighted by Gasteiger charge is 2.45. The first kappa shape index (κ1) is 64.0. The normalized spacial score (nSPS) is 14.3. The van der Waals surface area contributed by atoms with Crippen molar-refractivity contribution in [3.63, 3.8) is 0 Å². The Hall–Kier alpha value is -6.20. The van der Waals surface area contributed by atoms with Gasteiger partial charge in [0.2, 0.25) is 22.8 Å². The number of halogens is 2. The second kappa shape index (κ2) is 29.2. The molecule has 0 saturated carbocycles. The van der Waals surface area contributed by atoms with Gasteiger partial charge in [-0.3, -0.25) is 14.6 Å². The Balaban J connectivity index is 0.000000199. The number of anilines is 2. The van der Waals surface area contributed by atoms with Gasteiger partial charge in [-0.05, 0) is 127 Å². The molecule has 0 atom stereocenters. The van der Waals surface area contributed by atoms with Crippen LogP contribution in [0.2, 0.25) is 10.0 Å². The van der Waals surface area contributed by atoms with Gasteiger partial charge in [-0.25, -0.2) is 8.42 Å². The maximum absolute atomic E-state index is 11.9. The summed E-state index contributed by atoms with van der Waals surface area (Å²) < 4.78 is 78.6. The lowest BCUT2D eigenvalue weighted by Crippen LogP contribution is -2.31. The van der Waals surface area contributed by atoms with E-state index in [-0.39, 0.29) is 22.3 Å². The summed E-state index contributed by atoms with van der Waals surface area (Å²) in [5, 5.41) is 14.5. The maximum atomic E-state index is 11.9. The molecule has 0 saturated heterocycles. The first-order valence-electron chi connectivity index (χ1n) is 27.9. The number of para-hydroxylation sites is 4. The van der Waals surface area contributed by atoms with Crippen LogP contribution in [0, 0.1) is 0 Å². The number of rotatable bonds is 23. The van der Waals surface area contributed by atoms with Crippen LogP contribution >= 0.6 is 23.2 Å². The van der Waals surface area contributed by atoms with Gasteiger partial charge in [0.05, 0.1) is 27.1 Å². The van der Waals surface area contributed by atoms with Crippen molar-refractivity contribution in [3.05, 3.63) is 166 Å². The minimum atomic E-state index is -4.84.